The molecule has 1 heterocycles. The number of hydrogen-bond donors (Lipinski definition) is 3. The van der Waals surface area contributed by atoms with Crippen LogP contribution in [0.5, 0.6) is 0 Å². The Morgan fingerprint density at radius 2 is 1.13 bits per heavy atom. The molecule has 52 heavy (non-hydrogen) atoms. The van der Waals surface area contributed by atoms with Gasteiger partial charge in [-0.1, -0.05) is 162 Å². The molecule has 1 aliphatic rings. The minimum Gasteiger partial charge on any atom is -0.466 e. The average molecular weight is 741 g/mol. The van der Waals surface area contributed by atoms with Crippen LogP contribution in [0, 0.1) is 0 Å². The van der Waals surface area contributed by atoms with Crippen molar-refractivity contribution < 1.29 is 38.8 Å². The Morgan fingerprint density at radius 1 is 0.692 bits per heavy atom. The van der Waals surface area contributed by atoms with Crippen LogP contribution < -0.4 is 5.32 Å². The van der Waals surface area contributed by atoms with Crippen molar-refractivity contribution in [3.63, 3.8) is 0 Å². The SMILES string of the molecule is CCCCCCCCCCCCCCCCCCN(C[C@H]1O[C@](NC(=O)CC(=O)OCC)(OC)C[C@@H](O)[C@@H]1O)C(=O)CCCCCCCCCCC. The van der Waals surface area contributed by atoms with Crippen molar-refractivity contribution in [2.75, 3.05) is 26.8 Å². The molecular weight excluding hydrogens is 660 g/mol. The molecule has 1 rings (SSSR count). The third kappa shape index (κ3) is 23.1. The van der Waals surface area contributed by atoms with E-state index in [9.17, 15) is 24.6 Å². The van der Waals surface area contributed by atoms with Gasteiger partial charge in [0.15, 0.2) is 0 Å². The van der Waals surface area contributed by atoms with E-state index in [1.807, 2.05) is 0 Å². The number of rotatable bonds is 34. The van der Waals surface area contributed by atoms with Crippen LogP contribution >= 0.6 is 0 Å². The van der Waals surface area contributed by atoms with Crippen molar-refractivity contribution in [2.24, 2.45) is 0 Å². The summed E-state index contributed by atoms with van der Waals surface area (Å²) in [6.45, 7) is 6.89. The summed E-state index contributed by atoms with van der Waals surface area (Å²) >= 11 is 0. The maximum Gasteiger partial charge on any atom is 0.315 e. The molecule has 0 unspecified atom stereocenters. The van der Waals surface area contributed by atoms with Crippen LogP contribution in [-0.4, -0.2) is 83.9 Å². The van der Waals surface area contributed by atoms with Gasteiger partial charge in [0.1, 0.15) is 18.6 Å². The highest BCUT2D eigenvalue weighted by atomic mass is 16.7. The van der Waals surface area contributed by atoms with Crippen molar-refractivity contribution in [3.05, 3.63) is 0 Å². The van der Waals surface area contributed by atoms with Gasteiger partial charge in [-0.3, -0.25) is 14.4 Å². The van der Waals surface area contributed by atoms with Crippen LogP contribution in [0.15, 0.2) is 0 Å². The fourth-order valence-electron chi connectivity index (χ4n) is 7.14. The Labute approximate surface area is 317 Å². The van der Waals surface area contributed by atoms with Gasteiger partial charge in [-0.05, 0) is 19.8 Å². The number of aliphatic hydroxyl groups is 2. The number of amides is 2. The zero-order chi connectivity index (χ0) is 38.3. The van der Waals surface area contributed by atoms with Gasteiger partial charge in [0.25, 0.3) is 5.91 Å². The summed E-state index contributed by atoms with van der Waals surface area (Å²) in [6, 6.07) is 0. The number of methoxy groups -OCH3 is 1. The van der Waals surface area contributed by atoms with E-state index in [2.05, 4.69) is 19.2 Å². The number of carbonyl (C=O) groups excluding carboxylic acids is 3. The number of unbranched alkanes of at least 4 members (excludes halogenated alkanes) is 23. The van der Waals surface area contributed by atoms with Gasteiger partial charge in [-0.2, -0.15) is 0 Å². The number of nitrogens with one attached hydrogen (secondary N) is 1. The third-order valence-electron chi connectivity index (χ3n) is 10.4. The molecule has 1 aliphatic heterocycles. The predicted molar refractivity (Wildman–Crippen MR) is 209 cm³/mol. The van der Waals surface area contributed by atoms with Gasteiger partial charge in [0.05, 0.1) is 19.1 Å². The molecule has 0 aromatic heterocycles. The topological polar surface area (TPSA) is 135 Å². The summed E-state index contributed by atoms with van der Waals surface area (Å²) in [7, 11) is 1.33. The molecule has 1 fully saturated rings. The number of hydrogen-bond acceptors (Lipinski definition) is 8. The van der Waals surface area contributed by atoms with E-state index >= 15 is 0 Å². The van der Waals surface area contributed by atoms with Crippen molar-refractivity contribution in [1.29, 1.82) is 0 Å². The van der Waals surface area contributed by atoms with Crippen LogP contribution in [0.2, 0.25) is 0 Å². The van der Waals surface area contributed by atoms with Crippen molar-refractivity contribution in [2.45, 2.75) is 225 Å². The molecule has 1 saturated heterocycles. The Hall–Kier alpha value is -1.75. The molecule has 10 heteroatoms. The highest BCUT2D eigenvalue weighted by molar-refractivity contribution is 5.94. The lowest BCUT2D eigenvalue weighted by atomic mass is 9.98. The number of aliphatic hydroxyl groups excluding tert-OH is 2. The maximum absolute atomic E-state index is 13.6. The summed E-state index contributed by atoms with van der Waals surface area (Å²) < 4.78 is 16.5. The summed E-state index contributed by atoms with van der Waals surface area (Å²) in [5.74, 6) is -3.12. The molecule has 0 radical (unpaired) electrons. The fraction of sp³-hybridized carbons (Fsp3) is 0.929. The first-order valence-electron chi connectivity index (χ1n) is 21.5. The van der Waals surface area contributed by atoms with Crippen LogP contribution in [0.4, 0.5) is 0 Å². The summed E-state index contributed by atoms with van der Waals surface area (Å²) in [5.41, 5.74) is 0. The van der Waals surface area contributed by atoms with Gasteiger partial charge >= 0.3 is 5.97 Å². The summed E-state index contributed by atoms with van der Waals surface area (Å²) in [4.78, 5) is 39.8. The molecular formula is C42H80N2O8. The first-order chi connectivity index (χ1) is 25.2. The lowest BCUT2D eigenvalue weighted by molar-refractivity contribution is -0.322. The molecule has 4 atom stereocenters. The predicted octanol–water partition coefficient (Wildman–Crippen LogP) is 8.88. The highest BCUT2D eigenvalue weighted by Crippen LogP contribution is 2.29. The smallest absolute Gasteiger partial charge is 0.315 e. The van der Waals surface area contributed by atoms with E-state index in [0.29, 0.717) is 13.0 Å². The van der Waals surface area contributed by atoms with Gasteiger partial charge < -0.3 is 34.6 Å². The van der Waals surface area contributed by atoms with Crippen molar-refractivity contribution >= 4 is 17.8 Å². The molecule has 306 valence electrons. The maximum atomic E-state index is 13.6. The Balaban J connectivity index is 2.62. The Morgan fingerprint density at radius 3 is 1.58 bits per heavy atom. The molecule has 0 bridgehead atoms. The van der Waals surface area contributed by atoms with Crippen LogP contribution in [0.1, 0.15) is 201 Å². The van der Waals surface area contributed by atoms with Gasteiger partial charge in [0, 0.05) is 26.6 Å². The number of esters is 1. The first-order valence-corrected chi connectivity index (χ1v) is 21.5. The zero-order valence-corrected chi connectivity index (χ0v) is 33.9. The van der Waals surface area contributed by atoms with Gasteiger partial charge in [-0.15, -0.1) is 0 Å². The fourth-order valence-corrected chi connectivity index (χ4v) is 7.14. The summed E-state index contributed by atoms with van der Waals surface area (Å²) in [5, 5.41) is 24.3. The molecule has 0 saturated carbocycles. The highest BCUT2D eigenvalue weighted by Gasteiger charge is 2.48. The average Bonchev–Trinajstić information content (AvgIpc) is 3.12. The van der Waals surface area contributed by atoms with E-state index in [4.69, 9.17) is 14.2 Å². The largest absolute Gasteiger partial charge is 0.466 e. The molecule has 0 aromatic carbocycles. The van der Waals surface area contributed by atoms with Gasteiger partial charge in [-0.25, -0.2) is 0 Å². The standard InChI is InChI=1S/C42H80N2O8/c1-5-8-10-12-14-16-17-18-19-20-21-22-24-26-28-30-32-44(39(47)31-29-27-25-23-15-13-11-9-6-2)35-37-41(49)36(45)34-42(50-4,52-37)43-38(46)33-40(48)51-7-3/h36-37,41,45,49H,5-35H2,1-4H3,(H,43,46)/t36-,37-,41+,42-/m1/s1. The van der Waals surface area contributed by atoms with Crippen LogP contribution in [0.3, 0.4) is 0 Å². The molecule has 10 nitrogen and oxygen atoms in total. The minimum atomic E-state index is -1.76. The van der Waals surface area contributed by atoms with E-state index in [1.54, 1.807) is 11.8 Å². The van der Waals surface area contributed by atoms with Crippen molar-refractivity contribution in [3.8, 4) is 0 Å². The second-order valence-corrected chi connectivity index (χ2v) is 15.1. The normalized spacial score (nSPS) is 20.2. The zero-order valence-electron chi connectivity index (χ0n) is 33.9. The van der Waals surface area contributed by atoms with Gasteiger partial charge in [0.2, 0.25) is 11.8 Å². The van der Waals surface area contributed by atoms with E-state index < -0.39 is 42.5 Å². The minimum absolute atomic E-state index is 0.00846. The molecule has 0 aromatic rings. The lowest BCUT2D eigenvalue weighted by Crippen LogP contribution is -2.65. The van der Waals surface area contributed by atoms with E-state index in [-0.39, 0.29) is 25.5 Å². The molecule has 0 spiro atoms. The first kappa shape index (κ1) is 48.3. The second kappa shape index (κ2) is 31.6. The van der Waals surface area contributed by atoms with Crippen LogP contribution in [-0.2, 0) is 28.6 Å². The second-order valence-electron chi connectivity index (χ2n) is 15.1. The van der Waals surface area contributed by atoms with Crippen LogP contribution in [0.25, 0.3) is 0 Å². The molecule has 3 N–H and O–H groups in total. The number of carbonyl (C=O) groups is 3. The molecule has 2 amide bonds. The Bertz CT molecular complexity index is 905. The lowest BCUT2D eigenvalue weighted by Gasteiger charge is -2.45. The quantitative estimate of drug-likeness (QED) is 0.0258. The number of nitrogens with zero attached hydrogens (tertiary/aromatic N) is 1. The Kier molecular flexibility index (Phi) is 29.3. The summed E-state index contributed by atoms with van der Waals surface area (Å²) in [6.07, 6.45) is 27.0. The van der Waals surface area contributed by atoms with E-state index in [0.717, 1.165) is 38.5 Å². The molecule has 0 aliphatic carbocycles. The van der Waals surface area contributed by atoms with Crippen molar-refractivity contribution in [1.82, 2.24) is 10.2 Å². The number of ether oxygens (including phenoxy) is 3. The monoisotopic (exact) mass is 741 g/mol. The third-order valence-corrected chi connectivity index (χ3v) is 10.4. The van der Waals surface area contributed by atoms with E-state index in [1.165, 1.54) is 129 Å².